The zero-order valence-corrected chi connectivity index (χ0v) is 22.7. The van der Waals surface area contributed by atoms with Crippen LogP contribution < -0.4 is 14.4 Å². The molecule has 0 aliphatic carbocycles. The van der Waals surface area contributed by atoms with Gasteiger partial charge in [-0.2, -0.15) is 18.4 Å². The summed E-state index contributed by atoms with van der Waals surface area (Å²) in [6.07, 6.45) is -6.57. The Kier molecular flexibility index (Phi) is 7.67. The monoisotopic (exact) mass is 553 g/mol. The maximum Gasteiger partial charge on any atom is 0.427 e. The van der Waals surface area contributed by atoms with E-state index in [9.17, 15) is 31.6 Å². The highest BCUT2D eigenvalue weighted by Crippen LogP contribution is 2.44. The van der Waals surface area contributed by atoms with Crippen LogP contribution in [0.4, 0.5) is 29.3 Å². The molecule has 1 aliphatic rings. The summed E-state index contributed by atoms with van der Waals surface area (Å²) in [4.78, 5) is 12.4. The molecule has 0 radical (unpaired) electrons. The first-order chi connectivity index (χ1) is 17.4. The molecule has 2 aromatic rings. The number of halogens is 3. The van der Waals surface area contributed by atoms with E-state index in [2.05, 4.69) is 16.1 Å². The maximum absolute atomic E-state index is 13.8. The van der Waals surface area contributed by atoms with Crippen LogP contribution in [0, 0.1) is 30.6 Å². The van der Waals surface area contributed by atoms with E-state index in [0.717, 1.165) is 23.7 Å². The molecule has 206 valence electrons. The SMILES string of the molecule is Cc1ccc(S(=O)(=O)N2C[C@@H](CC(C)(C)C#N)Oc3ccc(NC(=O)OC(C)(C)C(F)(F)F)c(C)c32)cc1. The number of alkyl halides is 3. The number of carbonyl (C=O) groups is 1. The Hall–Kier alpha value is -3.46. The van der Waals surface area contributed by atoms with Crippen LogP contribution in [-0.4, -0.2) is 38.9 Å². The Morgan fingerprint density at radius 2 is 1.74 bits per heavy atom. The number of nitrogens with one attached hydrogen (secondary N) is 1. The molecular formula is C26H30F3N3O5S. The van der Waals surface area contributed by atoms with Gasteiger partial charge in [-0.1, -0.05) is 17.7 Å². The molecule has 0 saturated carbocycles. The summed E-state index contributed by atoms with van der Waals surface area (Å²) in [5.74, 6) is 0.192. The summed E-state index contributed by atoms with van der Waals surface area (Å²) in [6, 6.07) is 11.3. The Bertz CT molecular complexity index is 1360. The van der Waals surface area contributed by atoms with Crippen LogP contribution >= 0.6 is 0 Å². The molecule has 8 nitrogen and oxygen atoms in total. The second kappa shape index (κ2) is 10.0. The minimum atomic E-state index is -4.80. The number of nitriles is 1. The van der Waals surface area contributed by atoms with Crippen molar-refractivity contribution in [3.05, 3.63) is 47.5 Å². The minimum Gasteiger partial charge on any atom is -0.486 e. The molecule has 2 aromatic carbocycles. The first-order valence-corrected chi connectivity index (χ1v) is 13.2. The van der Waals surface area contributed by atoms with Crippen molar-refractivity contribution in [2.24, 2.45) is 5.41 Å². The van der Waals surface area contributed by atoms with E-state index in [1.54, 1.807) is 26.0 Å². The van der Waals surface area contributed by atoms with Gasteiger partial charge in [-0.3, -0.25) is 9.62 Å². The largest absolute Gasteiger partial charge is 0.486 e. The lowest BCUT2D eigenvalue weighted by Crippen LogP contribution is -2.45. The predicted molar refractivity (Wildman–Crippen MR) is 136 cm³/mol. The average Bonchev–Trinajstić information content (AvgIpc) is 2.79. The molecule has 0 bridgehead atoms. The highest BCUT2D eigenvalue weighted by molar-refractivity contribution is 7.92. The predicted octanol–water partition coefficient (Wildman–Crippen LogP) is 6.09. The number of carbonyl (C=O) groups excluding carboxylic acids is 1. The number of benzene rings is 2. The molecule has 1 heterocycles. The first-order valence-electron chi connectivity index (χ1n) is 11.8. The third kappa shape index (κ3) is 5.99. The van der Waals surface area contributed by atoms with Crippen molar-refractivity contribution >= 4 is 27.5 Å². The molecule has 1 aliphatic heterocycles. The van der Waals surface area contributed by atoms with Gasteiger partial charge in [0, 0.05) is 17.7 Å². The van der Waals surface area contributed by atoms with Gasteiger partial charge in [0.2, 0.25) is 5.60 Å². The van der Waals surface area contributed by atoms with Crippen LogP contribution in [0.2, 0.25) is 0 Å². The van der Waals surface area contributed by atoms with Crippen molar-refractivity contribution in [3.63, 3.8) is 0 Å². The van der Waals surface area contributed by atoms with Crippen LogP contribution in [0.1, 0.15) is 45.2 Å². The first kappa shape index (κ1) is 29.1. The molecule has 0 aromatic heterocycles. The summed E-state index contributed by atoms with van der Waals surface area (Å²) >= 11 is 0. The smallest absolute Gasteiger partial charge is 0.427 e. The molecule has 0 fully saturated rings. The summed E-state index contributed by atoms with van der Waals surface area (Å²) in [6.45, 7) is 8.10. The second-order valence-electron chi connectivity index (χ2n) is 10.4. The van der Waals surface area contributed by atoms with E-state index in [-0.39, 0.29) is 40.5 Å². The average molecular weight is 554 g/mol. The number of amides is 1. The molecule has 12 heteroatoms. The fraction of sp³-hybridized carbons (Fsp3) is 0.462. The van der Waals surface area contributed by atoms with Gasteiger partial charge >= 0.3 is 12.3 Å². The number of nitrogens with zero attached hydrogens (tertiary/aromatic N) is 2. The quantitative estimate of drug-likeness (QED) is 0.464. The van der Waals surface area contributed by atoms with Gasteiger partial charge in [-0.25, -0.2) is 13.2 Å². The summed E-state index contributed by atoms with van der Waals surface area (Å²) in [5.41, 5.74) is -2.25. The summed E-state index contributed by atoms with van der Waals surface area (Å²) < 4.78 is 78.9. The van der Waals surface area contributed by atoms with Gasteiger partial charge in [-0.15, -0.1) is 0 Å². The molecule has 1 amide bonds. The number of rotatable bonds is 6. The van der Waals surface area contributed by atoms with Gasteiger partial charge in [0.1, 0.15) is 11.9 Å². The molecule has 0 unspecified atom stereocenters. The normalized spacial score (nSPS) is 16.2. The topological polar surface area (TPSA) is 109 Å². The lowest BCUT2D eigenvalue weighted by atomic mass is 9.88. The van der Waals surface area contributed by atoms with Crippen LogP contribution in [-0.2, 0) is 14.8 Å². The van der Waals surface area contributed by atoms with E-state index >= 15 is 0 Å². The maximum atomic E-state index is 13.8. The van der Waals surface area contributed by atoms with Crippen molar-refractivity contribution in [2.45, 2.75) is 70.7 Å². The molecule has 1 N–H and O–H groups in total. The third-order valence-electron chi connectivity index (χ3n) is 6.22. The lowest BCUT2D eigenvalue weighted by Gasteiger charge is -2.38. The van der Waals surface area contributed by atoms with Gasteiger partial charge in [-0.05, 0) is 65.8 Å². The van der Waals surface area contributed by atoms with E-state index in [0.29, 0.717) is 0 Å². The summed E-state index contributed by atoms with van der Waals surface area (Å²) in [5, 5.41) is 11.8. The zero-order valence-electron chi connectivity index (χ0n) is 21.9. The number of hydrogen-bond donors (Lipinski definition) is 1. The summed E-state index contributed by atoms with van der Waals surface area (Å²) in [7, 11) is -4.13. The van der Waals surface area contributed by atoms with Crippen LogP contribution in [0.5, 0.6) is 5.75 Å². The molecule has 38 heavy (non-hydrogen) atoms. The third-order valence-corrected chi connectivity index (χ3v) is 8.00. The standard InChI is InChI=1S/C26H30F3N3O5S/c1-16-7-9-19(10-8-16)38(34,35)32-14-18(13-24(3,4)15-30)36-21-12-11-20(17(2)22(21)32)31-23(33)37-25(5,6)26(27,28)29/h7-12,18H,13-14H2,1-6H3,(H,31,33)/t18-/m1/s1. The number of fused-ring (bicyclic) bond motifs is 1. The van der Waals surface area contributed by atoms with Gasteiger partial charge in [0.05, 0.1) is 28.6 Å². The van der Waals surface area contributed by atoms with Gasteiger partial charge in [0.25, 0.3) is 10.0 Å². The highest BCUT2D eigenvalue weighted by Gasteiger charge is 2.51. The van der Waals surface area contributed by atoms with Crippen molar-refractivity contribution < 1.29 is 35.9 Å². The number of anilines is 2. The van der Waals surface area contributed by atoms with Gasteiger partial charge < -0.3 is 9.47 Å². The number of hydrogen-bond acceptors (Lipinski definition) is 6. The molecular weight excluding hydrogens is 523 g/mol. The van der Waals surface area contributed by atoms with E-state index in [1.165, 1.54) is 31.2 Å². The van der Waals surface area contributed by atoms with E-state index < -0.39 is 39.4 Å². The van der Waals surface area contributed by atoms with Crippen LogP contribution in [0.25, 0.3) is 0 Å². The van der Waals surface area contributed by atoms with Crippen LogP contribution in [0.15, 0.2) is 41.3 Å². The minimum absolute atomic E-state index is 0.0262. The Morgan fingerprint density at radius 1 is 1.13 bits per heavy atom. The molecule has 0 spiro atoms. The molecule has 1 atom stereocenters. The number of ether oxygens (including phenoxy) is 2. The van der Waals surface area contributed by atoms with Crippen molar-refractivity contribution in [3.8, 4) is 11.8 Å². The van der Waals surface area contributed by atoms with Crippen LogP contribution in [0.3, 0.4) is 0 Å². The Labute approximate surface area is 220 Å². The fourth-order valence-electron chi connectivity index (χ4n) is 3.91. The molecule has 0 saturated heterocycles. The van der Waals surface area contributed by atoms with Crippen molar-refractivity contribution in [2.75, 3.05) is 16.2 Å². The second-order valence-corrected chi connectivity index (χ2v) is 12.3. The Balaban J connectivity index is 2.05. The molecule has 3 rings (SSSR count). The van der Waals surface area contributed by atoms with Crippen molar-refractivity contribution in [1.29, 1.82) is 5.26 Å². The van der Waals surface area contributed by atoms with E-state index in [1.807, 2.05) is 6.92 Å². The van der Waals surface area contributed by atoms with Crippen molar-refractivity contribution in [1.82, 2.24) is 0 Å². The fourth-order valence-corrected chi connectivity index (χ4v) is 5.48. The number of sulfonamides is 1. The zero-order chi connectivity index (χ0) is 28.7. The van der Waals surface area contributed by atoms with E-state index in [4.69, 9.17) is 4.74 Å². The lowest BCUT2D eigenvalue weighted by molar-refractivity contribution is -0.242. The number of aryl methyl sites for hydroxylation is 1. The Morgan fingerprint density at radius 3 is 2.29 bits per heavy atom. The van der Waals surface area contributed by atoms with Gasteiger partial charge in [0.15, 0.2) is 0 Å². The highest BCUT2D eigenvalue weighted by atomic mass is 32.2.